The number of carbonyl (C=O) groups excluding carboxylic acids is 1. The first-order chi connectivity index (χ1) is 13.1. The van der Waals surface area contributed by atoms with Crippen LogP contribution in [0.25, 0.3) is 22.5 Å². The monoisotopic (exact) mass is 374 g/mol. The minimum absolute atomic E-state index is 0.175. The van der Waals surface area contributed by atoms with Crippen LogP contribution in [0.15, 0.2) is 60.0 Å². The van der Waals surface area contributed by atoms with Gasteiger partial charge in [-0.1, -0.05) is 42.5 Å². The summed E-state index contributed by atoms with van der Waals surface area (Å²) in [7, 11) is 0. The molecule has 0 aliphatic carbocycles. The van der Waals surface area contributed by atoms with E-state index in [9.17, 15) is 4.79 Å². The molecule has 2 N–H and O–H groups in total. The molecule has 0 saturated heterocycles. The summed E-state index contributed by atoms with van der Waals surface area (Å²) in [6, 6.07) is 17.3. The molecule has 0 saturated carbocycles. The van der Waals surface area contributed by atoms with Gasteiger partial charge in [0.1, 0.15) is 5.69 Å². The van der Waals surface area contributed by atoms with Gasteiger partial charge >= 0.3 is 0 Å². The van der Waals surface area contributed by atoms with Crippen molar-refractivity contribution in [1.29, 1.82) is 0 Å². The Balaban J connectivity index is 1.63. The van der Waals surface area contributed by atoms with Crippen molar-refractivity contribution >= 4 is 22.9 Å². The van der Waals surface area contributed by atoms with Crippen molar-refractivity contribution in [2.45, 2.75) is 13.8 Å². The number of hydrogen-bond acceptors (Lipinski definition) is 4. The molecule has 0 spiro atoms. The first kappa shape index (κ1) is 17.2. The van der Waals surface area contributed by atoms with Crippen molar-refractivity contribution in [3.63, 3.8) is 0 Å². The Bertz CT molecular complexity index is 1100. The smallest absolute Gasteiger partial charge is 0.255 e. The van der Waals surface area contributed by atoms with Crippen LogP contribution in [-0.2, 0) is 0 Å². The third-order valence-corrected chi connectivity index (χ3v) is 5.05. The summed E-state index contributed by atoms with van der Waals surface area (Å²) < 4.78 is 0. The number of aromatic nitrogens is 3. The fourth-order valence-corrected chi connectivity index (χ4v) is 3.51. The highest BCUT2D eigenvalue weighted by atomic mass is 32.1. The summed E-state index contributed by atoms with van der Waals surface area (Å²) in [6.07, 6.45) is 0. The maximum atomic E-state index is 12.9. The van der Waals surface area contributed by atoms with Gasteiger partial charge in [0, 0.05) is 22.1 Å². The van der Waals surface area contributed by atoms with Crippen molar-refractivity contribution in [3.05, 3.63) is 76.2 Å². The molecule has 2 heterocycles. The molecule has 2 aromatic heterocycles. The van der Waals surface area contributed by atoms with E-state index in [1.165, 1.54) is 0 Å². The predicted octanol–water partition coefficient (Wildman–Crippen LogP) is 5.07. The molecule has 0 radical (unpaired) electrons. The van der Waals surface area contributed by atoms with Crippen LogP contribution in [0, 0.1) is 13.8 Å². The summed E-state index contributed by atoms with van der Waals surface area (Å²) in [5.74, 6) is -0.175. The largest absolute Gasteiger partial charge is 0.319 e. The standard InChI is InChI=1S/C21H18N4OS/c1-13-19(20(25-24-13)15-7-4-3-5-8-15)23-21(26)17-10-6-9-16(11-17)18-12-27-14(2)22-18/h3-12H,1-2H3,(H,23,26)(H,24,25). The Labute approximate surface area is 161 Å². The van der Waals surface area contributed by atoms with Gasteiger partial charge in [0.2, 0.25) is 0 Å². The number of benzene rings is 2. The number of hydrogen-bond donors (Lipinski definition) is 2. The molecule has 0 atom stereocenters. The average molecular weight is 374 g/mol. The summed E-state index contributed by atoms with van der Waals surface area (Å²) in [5.41, 5.74) is 5.58. The highest BCUT2D eigenvalue weighted by molar-refractivity contribution is 7.09. The summed E-state index contributed by atoms with van der Waals surface area (Å²) in [5, 5.41) is 13.3. The molecule has 4 rings (SSSR count). The van der Waals surface area contributed by atoms with E-state index in [1.807, 2.05) is 67.8 Å². The molecule has 0 bridgehead atoms. The molecule has 6 heteroatoms. The minimum Gasteiger partial charge on any atom is -0.319 e. The number of aryl methyl sites for hydroxylation is 2. The SMILES string of the molecule is Cc1nc(-c2cccc(C(=O)Nc3c(-c4ccccc4)n[nH]c3C)c2)cs1. The molecule has 2 aromatic carbocycles. The summed E-state index contributed by atoms with van der Waals surface area (Å²) >= 11 is 1.59. The van der Waals surface area contributed by atoms with E-state index in [4.69, 9.17) is 0 Å². The van der Waals surface area contributed by atoms with Crippen LogP contribution in [0.1, 0.15) is 21.1 Å². The second-order valence-electron chi connectivity index (χ2n) is 6.22. The van der Waals surface area contributed by atoms with Crippen molar-refractivity contribution in [2.24, 2.45) is 0 Å². The zero-order valence-electron chi connectivity index (χ0n) is 15.0. The van der Waals surface area contributed by atoms with E-state index in [2.05, 4.69) is 20.5 Å². The molecular formula is C21H18N4OS. The number of nitrogens with zero attached hydrogens (tertiary/aromatic N) is 2. The number of amides is 1. The van der Waals surface area contributed by atoms with Gasteiger partial charge in [0.05, 0.1) is 22.1 Å². The van der Waals surface area contributed by atoms with Crippen molar-refractivity contribution in [2.75, 3.05) is 5.32 Å². The van der Waals surface area contributed by atoms with E-state index in [1.54, 1.807) is 17.4 Å². The zero-order chi connectivity index (χ0) is 18.8. The van der Waals surface area contributed by atoms with Crippen LogP contribution in [0.3, 0.4) is 0 Å². The van der Waals surface area contributed by atoms with Gasteiger partial charge in [0.15, 0.2) is 0 Å². The third-order valence-electron chi connectivity index (χ3n) is 4.27. The number of rotatable bonds is 4. The Morgan fingerprint density at radius 1 is 1.04 bits per heavy atom. The summed E-state index contributed by atoms with van der Waals surface area (Å²) in [6.45, 7) is 3.86. The van der Waals surface area contributed by atoms with Crippen LogP contribution in [0.5, 0.6) is 0 Å². The van der Waals surface area contributed by atoms with E-state index >= 15 is 0 Å². The lowest BCUT2D eigenvalue weighted by Crippen LogP contribution is -2.13. The molecule has 0 aliphatic rings. The Kier molecular flexibility index (Phi) is 4.56. The lowest BCUT2D eigenvalue weighted by Gasteiger charge is -2.08. The highest BCUT2D eigenvalue weighted by Gasteiger charge is 2.16. The number of thiazole rings is 1. The number of anilines is 1. The first-order valence-electron chi connectivity index (χ1n) is 8.56. The second-order valence-corrected chi connectivity index (χ2v) is 7.29. The maximum absolute atomic E-state index is 12.9. The first-order valence-corrected chi connectivity index (χ1v) is 9.44. The van der Waals surface area contributed by atoms with E-state index in [-0.39, 0.29) is 5.91 Å². The van der Waals surface area contributed by atoms with Gasteiger partial charge in [-0.2, -0.15) is 5.10 Å². The van der Waals surface area contributed by atoms with Gasteiger partial charge in [-0.25, -0.2) is 4.98 Å². The minimum atomic E-state index is -0.175. The van der Waals surface area contributed by atoms with Crippen LogP contribution < -0.4 is 5.32 Å². The van der Waals surface area contributed by atoms with E-state index < -0.39 is 0 Å². The number of aromatic amines is 1. The fraction of sp³-hybridized carbons (Fsp3) is 0.0952. The molecule has 0 aliphatic heterocycles. The number of carbonyl (C=O) groups is 1. The quantitative estimate of drug-likeness (QED) is 0.524. The molecule has 134 valence electrons. The number of H-pyrrole nitrogens is 1. The van der Waals surface area contributed by atoms with Gasteiger partial charge in [0.25, 0.3) is 5.91 Å². The Morgan fingerprint density at radius 2 is 1.81 bits per heavy atom. The van der Waals surface area contributed by atoms with Crippen LogP contribution in [0.4, 0.5) is 5.69 Å². The van der Waals surface area contributed by atoms with Crippen LogP contribution >= 0.6 is 11.3 Å². The second kappa shape index (κ2) is 7.17. The Hall–Kier alpha value is -3.25. The molecular weight excluding hydrogens is 356 g/mol. The van der Waals surface area contributed by atoms with Crippen molar-refractivity contribution in [3.8, 4) is 22.5 Å². The van der Waals surface area contributed by atoms with E-state index in [0.717, 1.165) is 33.2 Å². The molecule has 5 nitrogen and oxygen atoms in total. The van der Waals surface area contributed by atoms with Gasteiger partial charge in [-0.3, -0.25) is 9.89 Å². The number of nitrogens with one attached hydrogen (secondary N) is 2. The lowest BCUT2D eigenvalue weighted by atomic mass is 10.1. The van der Waals surface area contributed by atoms with Crippen LogP contribution in [0.2, 0.25) is 0 Å². The normalized spacial score (nSPS) is 10.7. The van der Waals surface area contributed by atoms with Gasteiger partial charge < -0.3 is 5.32 Å². The van der Waals surface area contributed by atoms with Gasteiger partial charge in [-0.15, -0.1) is 11.3 Å². The van der Waals surface area contributed by atoms with Crippen molar-refractivity contribution < 1.29 is 4.79 Å². The molecule has 0 fully saturated rings. The Morgan fingerprint density at radius 3 is 2.56 bits per heavy atom. The molecule has 1 amide bonds. The average Bonchev–Trinajstić information content (AvgIpc) is 3.29. The lowest BCUT2D eigenvalue weighted by molar-refractivity contribution is 0.102. The zero-order valence-corrected chi connectivity index (χ0v) is 15.8. The fourth-order valence-electron chi connectivity index (χ4n) is 2.89. The topological polar surface area (TPSA) is 70.7 Å². The molecule has 27 heavy (non-hydrogen) atoms. The molecule has 0 unspecified atom stereocenters. The van der Waals surface area contributed by atoms with Crippen molar-refractivity contribution in [1.82, 2.24) is 15.2 Å². The summed E-state index contributed by atoms with van der Waals surface area (Å²) in [4.78, 5) is 17.4. The van der Waals surface area contributed by atoms with Gasteiger partial charge in [-0.05, 0) is 26.0 Å². The third kappa shape index (κ3) is 3.52. The van der Waals surface area contributed by atoms with E-state index in [0.29, 0.717) is 11.3 Å². The maximum Gasteiger partial charge on any atom is 0.255 e. The highest BCUT2D eigenvalue weighted by Crippen LogP contribution is 2.29. The predicted molar refractivity (Wildman–Crippen MR) is 109 cm³/mol. The van der Waals surface area contributed by atoms with Crippen LogP contribution in [-0.4, -0.2) is 21.1 Å². The molecule has 4 aromatic rings.